The van der Waals surface area contributed by atoms with E-state index < -0.39 is 0 Å². The van der Waals surface area contributed by atoms with Gasteiger partial charge in [-0.15, -0.1) is 0 Å². The number of aryl methyl sites for hydroxylation is 1. The zero-order valence-corrected chi connectivity index (χ0v) is 15.8. The van der Waals surface area contributed by atoms with Crippen LogP contribution in [0.1, 0.15) is 58.8 Å². The van der Waals surface area contributed by atoms with Gasteiger partial charge in [-0.2, -0.15) is 0 Å². The molecule has 4 rings (SSSR count). The van der Waals surface area contributed by atoms with E-state index in [0.717, 1.165) is 30.6 Å². The second-order valence-electron chi connectivity index (χ2n) is 6.71. The van der Waals surface area contributed by atoms with Gasteiger partial charge >= 0.3 is 0 Å². The molecule has 1 aliphatic heterocycles. The molecule has 3 aromatic rings. The lowest BCUT2D eigenvalue weighted by molar-refractivity contribution is 0.0537. The quantitative estimate of drug-likeness (QED) is 0.657. The third-order valence-corrected chi connectivity index (χ3v) is 5.25. The fourth-order valence-corrected chi connectivity index (χ4v) is 3.66. The monoisotopic (exact) mass is 385 g/mol. The number of hydrogen-bond acceptors (Lipinski definition) is 5. The van der Waals surface area contributed by atoms with Crippen LogP contribution in [0.3, 0.4) is 0 Å². The van der Waals surface area contributed by atoms with Crippen LogP contribution >= 0.6 is 11.6 Å². The van der Waals surface area contributed by atoms with Gasteiger partial charge in [0.15, 0.2) is 6.39 Å². The lowest BCUT2D eigenvalue weighted by Crippen LogP contribution is -2.38. The Morgan fingerprint density at radius 2 is 2.15 bits per heavy atom. The summed E-state index contributed by atoms with van der Waals surface area (Å²) in [5.74, 6) is 1.40. The predicted octanol–water partition coefficient (Wildman–Crippen LogP) is 4.58. The molecule has 0 bridgehead atoms. The maximum absolute atomic E-state index is 12.9. The molecule has 0 saturated carbocycles. The Morgan fingerprint density at radius 1 is 1.30 bits per heavy atom. The van der Waals surface area contributed by atoms with E-state index in [9.17, 15) is 4.79 Å². The highest BCUT2D eigenvalue weighted by atomic mass is 35.5. The smallest absolute Gasteiger partial charge is 0.292 e. The third kappa shape index (κ3) is 3.62. The number of hydrogen-bond donors (Lipinski definition) is 0. The molecular weight excluding hydrogens is 366 g/mol. The molecule has 0 N–H and O–H groups in total. The number of amides is 1. The van der Waals surface area contributed by atoms with Gasteiger partial charge < -0.3 is 13.7 Å². The molecule has 1 unspecified atom stereocenters. The van der Waals surface area contributed by atoms with E-state index in [1.807, 2.05) is 24.3 Å². The maximum atomic E-state index is 12.9. The summed E-state index contributed by atoms with van der Waals surface area (Å²) in [6, 6.07) is 7.47. The summed E-state index contributed by atoms with van der Waals surface area (Å²) in [4.78, 5) is 23.2. The molecule has 0 radical (unpaired) electrons. The zero-order valence-electron chi connectivity index (χ0n) is 15.0. The largest absolute Gasteiger partial charge is 0.443 e. The van der Waals surface area contributed by atoms with E-state index in [4.69, 9.17) is 20.4 Å². The Kier molecular flexibility index (Phi) is 4.99. The second-order valence-corrected chi connectivity index (χ2v) is 7.12. The number of rotatable bonds is 4. The summed E-state index contributed by atoms with van der Waals surface area (Å²) < 4.78 is 11.3. The van der Waals surface area contributed by atoms with Crippen molar-refractivity contribution in [3.63, 3.8) is 0 Å². The first-order valence-electron chi connectivity index (χ1n) is 9.02. The van der Waals surface area contributed by atoms with Gasteiger partial charge in [-0.1, -0.05) is 29.8 Å². The van der Waals surface area contributed by atoms with Crippen molar-refractivity contribution in [3.8, 4) is 0 Å². The number of oxazole rings is 2. The summed E-state index contributed by atoms with van der Waals surface area (Å²) in [6.45, 7) is 2.41. The van der Waals surface area contributed by atoms with E-state index in [2.05, 4.69) is 9.97 Å². The summed E-state index contributed by atoms with van der Waals surface area (Å²) in [5.41, 5.74) is 1.58. The first-order valence-corrected chi connectivity index (χ1v) is 9.40. The number of aromatic nitrogens is 2. The van der Waals surface area contributed by atoms with Crippen molar-refractivity contribution in [2.24, 2.45) is 0 Å². The van der Waals surface area contributed by atoms with Crippen LogP contribution in [-0.2, 0) is 6.42 Å². The molecule has 1 atom stereocenters. The molecule has 1 aliphatic rings. The maximum Gasteiger partial charge on any atom is 0.292 e. The van der Waals surface area contributed by atoms with Gasteiger partial charge in [0, 0.05) is 18.0 Å². The van der Waals surface area contributed by atoms with Gasteiger partial charge in [0.1, 0.15) is 11.8 Å². The molecule has 6 nitrogen and oxygen atoms in total. The molecule has 0 aliphatic carbocycles. The number of carbonyl (C=O) groups is 1. The van der Waals surface area contributed by atoms with Crippen molar-refractivity contribution in [3.05, 3.63) is 70.5 Å². The van der Waals surface area contributed by atoms with Crippen molar-refractivity contribution in [1.29, 1.82) is 0 Å². The van der Waals surface area contributed by atoms with Crippen molar-refractivity contribution in [2.75, 3.05) is 6.54 Å². The Bertz CT molecular complexity index is 949. The van der Waals surface area contributed by atoms with Crippen LogP contribution in [0.5, 0.6) is 0 Å². The molecule has 7 heteroatoms. The number of carbonyl (C=O) groups excluding carboxylic acids is 1. The average molecular weight is 386 g/mol. The van der Waals surface area contributed by atoms with Crippen LogP contribution in [-0.4, -0.2) is 27.3 Å². The fraction of sp³-hybridized carbons (Fsp3) is 0.350. The molecule has 3 heterocycles. The molecule has 27 heavy (non-hydrogen) atoms. The molecule has 0 spiro atoms. The van der Waals surface area contributed by atoms with E-state index >= 15 is 0 Å². The Balaban J connectivity index is 1.56. The minimum atomic E-state index is -0.198. The highest BCUT2D eigenvalue weighted by molar-refractivity contribution is 6.31. The lowest BCUT2D eigenvalue weighted by atomic mass is 10.0. The Hall–Kier alpha value is -2.60. The first kappa shape index (κ1) is 17.8. The zero-order chi connectivity index (χ0) is 18.8. The molecule has 1 saturated heterocycles. The van der Waals surface area contributed by atoms with E-state index in [-0.39, 0.29) is 17.7 Å². The minimum absolute atomic E-state index is 0.166. The van der Waals surface area contributed by atoms with Crippen LogP contribution < -0.4 is 0 Å². The third-order valence-electron chi connectivity index (χ3n) is 4.88. The topological polar surface area (TPSA) is 72.4 Å². The van der Waals surface area contributed by atoms with Crippen molar-refractivity contribution in [2.45, 2.75) is 38.6 Å². The van der Waals surface area contributed by atoms with Crippen LogP contribution in [0.2, 0.25) is 5.02 Å². The van der Waals surface area contributed by atoms with E-state index in [0.29, 0.717) is 29.6 Å². The standard InChI is InChI=1S/C20H20ClN3O3/c1-13-18(26-12-23-13)20(25)24-9-5-4-8-17(24)19-22-11-15(27-19)10-14-6-2-3-7-16(14)21/h2-3,6-7,11-12,17H,4-5,8-10H2,1H3. The molecule has 1 fully saturated rings. The summed E-state index contributed by atoms with van der Waals surface area (Å²) in [7, 11) is 0. The van der Waals surface area contributed by atoms with Gasteiger partial charge in [-0.25, -0.2) is 9.97 Å². The van der Waals surface area contributed by atoms with Crippen LogP contribution in [0.15, 0.2) is 45.7 Å². The summed E-state index contributed by atoms with van der Waals surface area (Å²) in [5, 5.41) is 0.700. The van der Waals surface area contributed by atoms with Gasteiger partial charge in [0.05, 0.1) is 11.9 Å². The fourth-order valence-electron chi connectivity index (χ4n) is 3.46. The molecule has 2 aromatic heterocycles. The SMILES string of the molecule is Cc1ncoc1C(=O)N1CCCCC1c1ncc(Cc2ccccc2Cl)o1. The van der Waals surface area contributed by atoms with E-state index in [1.165, 1.54) is 6.39 Å². The average Bonchev–Trinajstić information content (AvgIpc) is 3.32. The normalized spacial score (nSPS) is 17.3. The van der Waals surface area contributed by atoms with Crippen LogP contribution in [0.4, 0.5) is 0 Å². The predicted molar refractivity (Wildman–Crippen MR) is 99.6 cm³/mol. The van der Waals surface area contributed by atoms with Crippen molar-refractivity contribution in [1.82, 2.24) is 14.9 Å². The first-order chi connectivity index (χ1) is 13.1. The molecule has 1 aromatic carbocycles. The van der Waals surface area contributed by atoms with Gasteiger partial charge in [-0.3, -0.25) is 4.79 Å². The number of nitrogens with zero attached hydrogens (tertiary/aromatic N) is 3. The molecular formula is C20H20ClN3O3. The lowest BCUT2D eigenvalue weighted by Gasteiger charge is -2.33. The number of likely N-dealkylation sites (tertiary alicyclic amines) is 1. The van der Waals surface area contributed by atoms with Crippen molar-refractivity contribution >= 4 is 17.5 Å². The molecule has 1 amide bonds. The number of piperidine rings is 1. The van der Waals surface area contributed by atoms with Crippen LogP contribution in [0.25, 0.3) is 0 Å². The Morgan fingerprint density at radius 3 is 2.93 bits per heavy atom. The van der Waals surface area contributed by atoms with Gasteiger partial charge in [0.25, 0.3) is 5.91 Å². The van der Waals surface area contributed by atoms with Crippen LogP contribution in [0, 0.1) is 6.92 Å². The summed E-state index contributed by atoms with van der Waals surface area (Å²) >= 11 is 6.23. The summed E-state index contributed by atoms with van der Waals surface area (Å²) in [6.07, 6.45) is 6.36. The number of halogens is 1. The molecule has 140 valence electrons. The van der Waals surface area contributed by atoms with Gasteiger partial charge in [-0.05, 0) is 37.8 Å². The highest BCUT2D eigenvalue weighted by Crippen LogP contribution is 2.32. The van der Waals surface area contributed by atoms with E-state index in [1.54, 1.807) is 18.0 Å². The second kappa shape index (κ2) is 7.56. The highest BCUT2D eigenvalue weighted by Gasteiger charge is 2.34. The van der Waals surface area contributed by atoms with Crippen molar-refractivity contribution < 1.29 is 13.6 Å². The Labute approximate surface area is 162 Å². The number of benzene rings is 1. The minimum Gasteiger partial charge on any atom is -0.443 e. The van der Waals surface area contributed by atoms with Gasteiger partial charge in [0.2, 0.25) is 11.7 Å².